The maximum atomic E-state index is 13.2. The van der Waals surface area contributed by atoms with Crippen LogP contribution < -0.4 is 24.2 Å². The molecular weight excluding hydrogens is 542 g/mol. The van der Waals surface area contributed by atoms with Gasteiger partial charge in [-0.25, -0.2) is 13.2 Å². The number of nitrogens with one attached hydrogen (secondary N) is 2. The molecule has 2 heterocycles. The number of benzene rings is 2. The first-order valence-corrected chi connectivity index (χ1v) is 13.6. The van der Waals surface area contributed by atoms with E-state index in [2.05, 4.69) is 20.3 Å². The van der Waals surface area contributed by atoms with Crippen molar-refractivity contribution in [3.63, 3.8) is 0 Å². The molecule has 0 spiro atoms. The zero-order chi connectivity index (χ0) is 29.1. The topological polar surface area (TPSA) is 156 Å². The minimum absolute atomic E-state index is 0.0362. The highest BCUT2D eigenvalue weighted by Crippen LogP contribution is 2.36. The normalized spacial score (nSPS) is 11.8. The van der Waals surface area contributed by atoms with Crippen LogP contribution in [0.3, 0.4) is 0 Å². The van der Waals surface area contributed by atoms with E-state index in [0.29, 0.717) is 29.0 Å². The standard InChI is InChI=1S/C26H31N5O8S/c1-26(2,3)38-25(32)27-12-17-13-28-31(15-17)14-16-9-20(37-6)23-21(10-16)39-29-24(23)30-40(33,34)22-8-7-18(35-4)11-19(22)36-5/h7-11,13,15H,12,14H2,1-6H3,(H,27,32)(H,29,30). The first kappa shape index (κ1) is 28.5. The molecule has 4 rings (SSSR count). The lowest BCUT2D eigenvalue weighted by atomic mass is 10.1. The maximum Gasteiger partial charge on any atom is 0.407 e. The van der Waals surface area contributed by atoms with Crippen LogP contribution >= 0.6 is 0 Å². The molecule has 0 aliphatic heterocycles. The van der Waals surface area contributed by atoms with Crippen LogP contribution in [-0.4, -0.2) is 56.4 Å². The fraction of sp³-hybridized carbons (Fsp3) is 0.346. The molecule has 13 nitrogen and oxygen atoms in total. The van der Waals surface area contributed by atoms with Crippen molar-refractivity contribution in [2.24, 2.45) is 0 Å². The summed E-state index contributed by atoms with van der Waals surface area (Å²) in [5.74, 6) is 0.868. The molecule has 0 atom stereocenters. The number of carbonyl (C=O) groups is 1. The molecule has 14 heteroatoms. The number of anilines is 1. The number of rotatable bonds is 10. The molecule has 1 amide bonds. The smallest absolute Gasteiger partial charge is 0.407 e. The van der Waals surface area contributed by atoms with Crippen molar-refractivity contribution in [2.45, 2.75) is 44.4 Å². The Morgan fingerprint density at radius 1 is 1.02 bits per heavy atom. The summed E-state index contributed by atoms with van der Waals surface area (Å²) >= 11 is 0. The Balaban J connectivity index is 1.53. The number of sulfonamides is 1. The molecule has 0 bridgehead atoms. The quantitative estimate of drug-likeness (QED) is 0.285. The third kappa shape index (κ3) is 6.57. The van der Waals surface area contributed by atoms with Gasteiger partial charge in [0.25, 0.3) is 10.0 Å². The predicted molar refractivity (Wildman–Crippen MR) is 145 cm³/mol. The van der Waals surface area contributed by atoms with E-state index in [-0.39, 0.29) is 23.0 Å². The van der Waals surface area contributed by atoms with E-state index in [1.165, 1.54) is 39.5 Å². The van der Waals surface area contributed by atoms with E-state index >= 15 is 0 Å². The molecule has 0 aliphatic carbocycles. The predicted octanol–water partition coefficient (Wildman–Crippen LogP) is 3.92. The van der Waals surface area contributed by atoms with Crippen LogP contribution in [0.15, 0.2) is 52.1 Å². The zero-order valence-electron chi connectivity index (χ0n) is 23.0. The van der Waals surface area contributed by atoms with Crippen molar-refractivity contribution in [1.29, 1.82) is 0 Å². The van der Waals surface area contributed by atoms with Gasteiger partial charge in [-0.3, -0.25) is 9.40 Å². The van der Waals surface area contributed by atoms with Crippen molar-refractivity contribution in [3.8, 4) is 17.2 Å². The van der Waals surface area contributed by atoms with Gasteiger partial charge in [0.05, 0.1) is 34.1 Å². The number of carbonyl (C=O) groups excluding carboxylic acids is 1. The Morgan fingerprint density at radius 2 is 1.77 bits per heavy atom. The Kier molecular flexibility index (Phi) is 8.09. The Labute approximate surface area is 231 Å². The molecule has 2 aromatic carbocycles. The zero-order valence-corrected chi connectivity index (χ0v) is 23.8. The van der Waals surface area contributed by atoms with Crippen molar-refractivity contribution >= 4 is 32.9 Å². The third-order valence-corrected chi connectivity index (χ3v) is 6.95. The Hall–Kier alpha value is -4.46. The van der Waals surface area contributed by atoms with Gasteiger partial charge in [-0.2, -0.15) is 5.10 Å². The van der Waals surface area contributed by atoms with Crippen LogP contribution in [0.5, 0.6) is 17.2 Å². The second kappa shape index (κ2) is 11.3. The third-order valence-electron chi connectivity index (χ3n) is 5.58. The van der Waals surface area contributed by atoms with Gasteiger partial charge in [0.15, 0.2) is 11.4 Å². The molecule has 0 unspecified atom stereocenters. The van der Waals surface area contributed by atoms with Gasteiger partial charge in [0.2, 0.25) is 0 Å². The lowest BCUT2D eigenvalue weighted by Crippen LogP contribution is -2.32. The molecular formula is C26H31N5O8S. The van der Waals surface area contributed by atoms with Gasteiger partial charge < -0.3 is 28.8 Å². The number of methoxy groups -OCH3 is 3. The van der Waals surface area contributed by atoms with E-state index in [1.807, 2.05) is 0 Å². The number of nitrogens with zero attached hydrogens (tertiary/aromatic N) is 3. The first-order valence-electron chi connectivity index (χ1n) is 12.1. The molecule has 2 N–H and O–H groups in total. The second-order valence-electron chi connectivity index (χ2n) is 9.73. The SMILES string of the molecule is COc1ccc(S(=O)(=O)Nc2noc3cc(Cn4cc(CNC(=O)OC(C)(C)C)cn4)cc(OC)c23)c(OC)c1. The largest absolute Gasteiger partial charge is 0.497 e. The maximum absolute atomic E-state index is 13.2. The van der Waals surface area contributed by atoms with E-state index in [1.54, 1.807) is 50.0 Å². The summed E-state index contributed by atoms with van der Waals surface area (Å²) in [6.45, 7) is 5.98. The molecule has 214 valence electrons. The van der Waals surface area contributed by atoms with E-state index < -0.39 is 21.7 Å². The van der Waals surface area contributed by atoms with Gasteiger partial charge >= 0.3 is 6.09 Å². The summed E-state index contributed by atoms with van der Waals surface area (Å²) < 4.78 is 57.2. The van der Waals surface area contributed by atoms with Gasteiger partial charge in [0, 0.05) is 24.4 Å². The summed E-state index contributed by atoms with van der Waals surface area (Å²) in [4.78, 5) is 11.8. The number of aromatic nitrogens is 3. The monoisotopic (exact) mass is 573 g/mol. The van der Waals surface area contributed by atoms with Crippen molar-refractivity contribution in [2.75, 3.05) is 26.1 Å². The van der Waals surface area contributed by atoms with Gasteiger partial charge in [-0.15, -0.1) is 0 Å². The lowest BCUT2D eigenvalue weighted by molar-refractivity contribution is 0.0523. The highest BCUT2D eigenvalue weighted by molar-refractivity contribution is 7.92. The summed E-state index contributed by atoms with van der Waals surface area (Å²) in [7, 11) is 0.192. The van der Waals surface area contributed by atoms with Crippen LogP contribution in [0.4, 0.5) is 10.6 Å². The Morgan fingerprint density at radius 3 is 2.45 bits per heavy atom. The minimum Gasteiger partial charge on any atom is -0.497 e. The second-order valence-corrected chi connectivity index (χ2v) is 11.4. The van der Waals surface area contributed by atoms with Crippen LogP contribution in [0.2, 0.25) is 0 Å². The molecule has 0 saturated carbocycles. The summed E-state index contributed by atoms with van der Waals surface area (Å²) in [6, 6.07) is 7.82. The number of hydrogen-bond donors (Lipinski definition) is 2. The molecule has 40 heavy (non-hydrogen) atoms. The molecule has 0 radical (unpaired) electrons. The summed E-state index contributed by atoms with van der Waals surface area (Å²) in [5, 5.41) is 11.3. The molecule has 2 aromatic heterocycles. The minimum atomic E-state index is -4.11. The van der Waals surface area contributed by atoms with Crippen molar-refractivity contribution in [3.05, 3.63) is 53.9 Å². The number of alkyl carbamates (subject to hydrolysis) is 1. The van der Waals surface area contributed by atoms with Crippen LogP contribution in [0, 0.1) is 0 Å². The highest BCUT2D eigenvalue weighted by Gasteiger charge is 2.25. The van der Waals surface area contributed by atoms with Crippen molar-refractivity contribution in [1.82, 2.24) is 20.3 Å². The number of ether oxygens (including phenoxy) is 4. The van der Waals surface area contributed by atoms with Gasteiger partial charge in [-0.1, -0.05) is 5.16 Å². The molecule has 4 aromatic rings. The number of fused-ring (bicyclic) bond motifs is 1. The fourth-order valence-electron chi connectivity index (χ4n) is 3.85. The van der Waals surface area contributed by atoms with E-state index in [0.717, 1.165) is 11.1 Å². The van der Waals surface area contributed by atoms with Gasteiger partial charge in [0.1, 0.15) is 33.1 Å². The average molecular weight is 574 g/mol. The van der Waals surface area contributed by atoms with E-state index in [9.17, 15) is 13.2 Å². The highest BCUT2D eigenvalue weighted by atomic mass is 32.2. The van der Waals surface area contributed by atoms with Crippen LogP contribution in [0.1, 0.15) is 31.9 Å². The average Bonchev–Trinajstić information content (AvgIpc) is 3.52. The first-order chi connectivity index (χ1) is 18.9. The molecule has 0 aliphatic rings. The van der Waals surface area contributed by atoms with Crippen LogP contribution in [-0.2, 0) is 27.8 Å². The van der Waals surface area contributed by atoms with E-state index in [4.69, 9.17) is 23.5 Å². The summed E-state index contributed by atoms with van der Waals surface area (Å²) in [6.07, 6.45) is 2.91. The van der Waals surface area contributed by atoms with Crippen LogP contribution in [0.25, 0.3) is 11.0 Å². The lowest BCUT2D eigenvalue weighted by Gasteiger charge is -2.19. The fourth-order valence-corrected chi connectivity index (χ4v) is 5.01. The van der Waals surface area contributed by atoms with Crippen molar-refractivity contribution < 1.29 is 36.7 Å². The Bertz CT molecular complexity index is 1620. The number of amides is 1. The number of hydrogen-bond acceptors (Lipinski definition) is 10. The summed E-state index contributed by atoms with van der Waals surface area (Å²) in [5.41, 5.74) is 1.27. The molecule has 0 saturated heterocycles. The van der Waals surface area contributed by atoms with Gasteiger partial charge in [-0.05, 0) is 50.6 Å². The molecule has 0 fully saturated rings.